The number of esters is 1. The van der Waals surface area contributed by atoms with Gasteiger partial charge in [0.1, 0.15) is 5.75 Å². The monoisotopic (exact) mass is 485 g/mol. The van der Waals surface area contributed by atoms with Crippen LogP contribution in [0.25, 0.3) is 10.8 Å². The summed E-state index contributed by atoms with van der Waals surface area (Å²) in [7, 11) is 0. The summed E-state index contributed by atoms with van der Waals surface area (Å²) >= 11 is 5.97. The molecule has 0 aromatic heterocycles. The van der Waals surface area contributed by atoms with Crippen molar-refractivity contribution >= 4 is 46.4 Å². The second-order valence-electron chi connectivity index (χ2n) is 7.44. The molecule has 0 spiro atoms. The van der Waals surface area contributed by atoms with Crippen LogP contribution in [0.1, 0.15) is 26.3 Å². The van der Waals surface area contributed by atoms with Gasteiger partial charge < -0.3 is 10.1 Å². The Morgan fingerprint density at radius 1 is 0.829 bits per heavy atom. The topological polar surface area (TPSA) is 96.9 Å². The van der Waals surface area contributed by atoms with Gasteiger partial charge >= 0.3 is 5.97 Å². The molecule has 0 saturated carbocycles. The minimum atomic E-state index is -0.498. The largest absolute Gasteiger partial charge is 0.423 e. The zero-order valence-electron chi connectivity index (χ0n) is 18.4. The van der Waals surface area contributed by atoms with E-state index in [1.54, 1.807) is 54.6 Å². The standard InChI is InChI=1S/C27H20ClN3O4/c28-24-11-4-3-9-23(24)26(33)29-17-25(32)31-30-16-18-12-14-20(15-13-18)35-27(34)22-10-5-7-19-6-1-2-8-21(19)22/h1-16H,17H2,(H,29,33)(H,31,32)/b30-16+. The van der Waals surface area contributed by atoms with Crippen LogP contribution >= 0.6 is 11.6 Å². The number of carbonyl (C=O) groups is 3. The molecule has 0 heterocycles. The van der Waals surface area contributed by atoms with Crippen molar-refractivity contribution in [1.29, 1.82) is 0 Å². The molecular formula is C27H20ClN3O4. The Kier molecular flexibility index (Phi) is 7.50. The highest BCUT2D eigenvalue weighted by molar-refractivity contribution is 6.33. The molecule has 174 valence electrons. The molecule has 0 fully saturated rings. The van der Waals surface area contributed by atoms with Crippen LogP contribution in [0.3, 0.4) is 0 Å². The Morgan fingerprint density at radius 3 is 2.31 bits per heavy atom. The number of rotatable bonds is 7. The fourth-order valence-corrected chi connectivity index (χ4v) is 3.53. The smallest absolute Gasteiger partial charge is 0.344 e. The number of hydrogen-bond donors (Lipinski definition) is 2. The van der Waals surface area contributed by atoms with E-state index in [9.17, 15) is 14.4 Å². The first-order valence-electron chi connectivity index (χ1n) is 10.7. The van der Waals surface area contributed by atoms with Crippen LogP contribution in [0.4, 0.5) is 0 Å². The molecule has 0 saturated heterocycles. The Hall–Kier alpha value is -4.49. The molecule has 4 aromatic rings. The molecule has 4 aromatic carbocycles. The lowest BCUT2D eigenvalue weighted by Gasteiger charge is -2.07. The molecule has 0 radical (unpaired) electrons. The fourth-order valence-electron chi connectivity index (χ4n) is 3.31. The van der Waals surface area contributed by atoms with E-state index in [0.717, 1.165) is 10.8 Å². The van der Waals surface area contributed by atoms with E-state index >= 15 is 0 Å². The van der Waals surface area contributed by atoms with Crippen molar-refractivity contribution in [2.24, 2.45) is 5.10 Å². The first-order valence-corrected chi connectivity index (χ1v) is 11.0. The number of nitrogens with one attached hydrogen (secondary N) is 2. The Labute approximate surface area is 206 Å². The van der Waals surface area contributed by atoms with Crippen molar-refractivity contribution in [3.05, 3.63) is 113 Å². The minimum Gasteiger partial charge on any atom is -0.423 e. The number of carbonyl (C=O) groups excluding carboxylic acids is 3. The highest BCUT2D eigenvalue weighted by Crippen LogP contribution is 2.21. The molecule has 0 aliphatic heterocycles. The molecular weight excluding hydrogens is 466 g/mol. The third-order valence-corrected chi connectivity index (χ3v) is 5.36. The maximum atomic E-state index is 12.6. The number of hydrogen-bond acceptors (Lipinski definition) is 5. The number of hydrazone groups is 1. The van der Waals surface area contributed by atoms with Gasteiger partial charge in [-0.05, 0) is 58.8 Å². The van der Waals surface area contributed by atoms with E-state index in [2.05, 4.69) is 15.8 Å². The lowest BCUT2D eigenvalue weighted by Crippen LogP contribution is -2.35. The van der Waals surface area contributed by atoms with Crippen LogP contribution in [0.2, 0.25) is 5.02 Å². The van der Waals surface area contributed by atoms with E-state index in [1.807, 2.05) is 36.4 Å². The van der Waals surface area contributed by atoms with Crippen molar-refractivity contribution in [1.82, 2.24) is 10.7 Å². The molecule has 35 heavy (non-hydrogen) atoms. The van der Waals surface area contributed by atoms with Crippen LogP contribution in [-0.4, -0.2) is 30.5 Å². The summed E-state index contributed by atoms with van der Waals surface area (Å²) in [5.74, 6) is -1.02. The number of benzene rings is 4. The summed E-state index contributed by atoms with van der Waals surface area (Å²) in [4.78, 5) is 36.7. The number of halogens is 1. The van der Waals surface area contributed by atoms with Crippen LogP contribution in [0.15, 0.2) is 96.1 Å². The molecule has 0 bridgehead atoms. The van der Waals surface area contributed by atoms with E-state index in [1.165, 1.54) is 6.21 Å². The highest BCUT2D eigenvalue weighted by atomic mass is 35.5. The lowest BCUT2D eigenvalue weighted by atomic mass is 10.0. The third-order valence-electron chi connectivity index (χ3n) is 5.03. The van der Waals surface area contributed by atoms with Gasteiger partial charge in [0.2, 0.25) is 0 Å². The summed E-state index contributed by atoms with van der Waals surface area (Å²) in [5.41, 5.74) is 3.78. The van der Waals surface area contributed by atoms with Gasteiger partial charge in [-0.15, -0.1) is 0 Å². The van der Waals surface area contributed by atoms with Crippen LogP contribution in [0.5, 0.6) is 5.75 Å². The van der Waals surface area contributed by atoms with Gasteiger partial charge in [-0.1, -0.05) is 60.1 Å². The van der Waals surface area contributed by atoms with E-state index in [0.29, 0.717) is 21.9 Å². The zero-order chi connectivity index (χ0) is 24.6. The molecule has 0 aliphatic carbocycles. The van der Waals surface area contributed by atoms with Gasteiger partial charge in [0.05, 0.1) is 28.9 Å². The van der Waals surface area contributed by atoms with E-state index in [-0.39, 0.29) is 12.1 Å². The van der Waals surface area contributed by atoms with E-state index in [4.69, 9.17) is 16.3 Å². The van der Waals surface area contributed by atoms with Gasteiger partial charge in [-0.3, -0.25) is 9.59 Å². The van der Waals surface area contributed by atoms with Crippen molar-refractivity contribution in [3.8, 4) is 5.75 Å². The van der Waals surface area contributed by atoms with Gasteiger partial charge in [0.15, 0.2) is 0 Å². The molecule has 0 aliphatic rings. The first-order chi connectivity index (χ1) is 17.0. The Bertz CT molecular complexity index is 1410. The van der Waals surface area contributed by atoms with Crippen molar-refractivity contribution in [2.45, 2.75) is 0 Å². The fraction of sp³-hybridized carbons (Fsp3) is 0.0370. The first kappa shape index (κ1) is 23.7. The molecule has 7 nitrogen and oxygen atoms in total. The molecule has 0 atom stereocenters. The van der Waals surface area contributed by atoms with Crippen LogP contribution in [-0.2, 0) is 4.79 Å². The van der Waals surface area contributed by atoms with Gasteiger partial charge in [0, 0.05) is 0 Å². The summed E-state index contributed by atoms with van der Waals surface area (Å²) in [5, 5.41) is 8.43. The van der Waals surface area contributed by atoms with Crippen LogP contribution < -0.4 is 15.5 Å². The molecule has 8 heteroatoms. The van der Waals surface area contributed by atoms with Gasteiger partial charge in [-0.2, -0.15) is 5.10 Å². The van der Waals surface area contributed by atoms with Crippen LogP contribution in [0, 0.1) is 0 Å². The van der Waals surface area contributed by atoms with Gasteiger partial charge in [0.25, 0.3) is 11.8 Å². The zero-order valence-corrected chi connectivity index (χ0v) is 19.2. The number of amides is 2. The normalized spacial score (nSPS) is 10.8. The van der Waals surface area contributed by atoms with Gasteiger partial charge in [-0.25, -0.2) is 10.2 Å². The predicted molar refractivity (Wildman–Crippen MR) is 135 cm³/mol. The highest BCUT2D eigenvalue weighted by Gasteiger charge is 2.12. The third kappa shape index (κ3) is 6.10. The van der Waals surface area contributed by atoms with Crippen molar-refractivity contribution < 1.29 is 19.1 Å². The minimum absolute atomic E-state index is 0.259. The molecule has 2 amide bonds. The number of nitrogens with zero attached hydrogens (tertiary/aromatic N) is 1. The predicted octanol–water partition coefficient (Wildman–Crippen LogP) is 4.59. The average molecular weight is 486 g/mol. The van der Waals surface area contributed by atoms with Crippen molar-refractivity contribution in [3.63, 3.8) is 0 Å². The molecule has 4 rings (SSSR count). The summed E-state index contributed by atoms with van der Waals surface area (Å²) in [6, 6.07) is 26.3. The number of fused-ring (bicyclic) bond motifs is 1. The van der Waals surface area contributed by atoms with E-state index < -0.39 is 17.8 Å². The molecule has 0 unspecified atom stereocenters. The average Bonchev–Trinajstić information content (AvgIpc) is 2.88. The second-order valence-corrected chi connectivity index (χ2v) is 7.85. The summed E-state index contributed by atoms with van der Waals surface area (Å²) < 4.78 is 5.50. The number of ether oxygens (including phenoxy) is 1. The SMILES string of the molecule is O=C(CNC(=O)c1ccccc1Cl)N/N=C/c1ccc(OC(=O)c2cccc3ccccc23)cc1. The second kappa shape index (κ2) is 11.1. The van der Waals surface area contributed by atoms with Crippen molar-refractivity contribution in [2.75, 3.05) is 6.54 Å². The summed E-state index contributed by atoms with van der Waals surface area (Å²) in [6.07, 6.45) is 1.43. The maximum absolute atomic E-state index is 12.6. The Balaban J connectivity index is 1.28. The lowest BCUT2D eigenvalue weighted by molar-refractivity contribution is -0.120. The quantitative estimate of drug-likeness (QED) is 0.173. The Morgan fingerprint density at radius 2 is 1.51 bits per heavy atom. The molecule has 2 N–H and O–H groups in total. The maximum Gasteiger partial charge on any atom is 0.344 e. The summed E-state index contributed by atoms with van der Waals surface area (Å²) in [6.45, 7) is -0.259.